The van der Waals surface area contributed by atoms with Gasteiger partial charge in [0.2, 0.25) is 0 Å². The molecule has 1 aromatic rings. The quantitative estimate of drug-likeness (QED) is 0.829. The summed E-state index contributed by atoms with van der Waals surface area (Å²) in [5.41, 5.74) is 5.83. The van der Waals surface area contributed by atoms with Crippen molar-refractivity contribution in [3.8, 4) is 5.75 Å². The third-order valence-corrected chi connectivity index (χ3v) is 2.42. The van der Waals surface area contributed by atoms with Crippen molar-refractivity contribution >= 4 is 11.6 Å². The zero-order chi connectivity index (χ0) is 11.5. The van der Waals surface area contributed by atoms with E-state index in [9.17, 15) is 5.11 Å². The number of rotatable bonds is 4. The van der Waals surface area contributed by atoms with Crippen molar-refractivity contribution in [2.24, 2.45) is 5.73 Å². The molecule has 3 N–H and O–H groups in total. The maximum absolute atomic E-state index is 9.21. The summed E-state index contributed by atoms with van der Waals surface area (Å²) >= 11 is 5.89. The van der Waals surface area contributed by atoms with Gasteiger partial charge in [0.15, 0.2) is 0 Å². The van der Waals surface area contributed by atoms with Gasteiger partial charge in [-0.1, -0.05) is 11.6 Å². The van der Waals surface area contributed by atoms with E-state index in [4.69, 9.17) is 22.1 Å². The number of ether oxygens (including phenoxy) is 1. The number of aliphatic hydroxyl groups excluding tert-OH is 1. The Morgan fingerprint density at radius 2 is 2.20 bits per heavy atom. The Bertz CT molecular complexity index is 339. The van der Waals surface area contributed by atoms with Gasteiger partial charge in [0.1, 0.15) is 5.75 Å². The van der Waals surface area contributed by atoms with E-state index in [0.29, 0.717) is 17.4 Å². The van der Waals surface area contributed by atoms with Crippen LogP contribution in [0.4, 0.5) is 0 Å². The van der Waals surface area contributed by atoms with Crippen LogP contribution in [0.5, 0.6) is 5.75 Å². The van der Waals surface area contributed by atoms with Crippen LogP contribution in [0.25, 0.3) is 0 Å². The van der Waals surface area contributed by atoms with E-state index < -0.39 is 5.54 Å². The summed E-state index contributed by atoms with van der Waals surface area (Å²) in [5.74, 6) is 0.668. The highest BCUT2D eigenvalue weighted by Gasteiger charge is 2.24. The molecule has 4 heteroatoms. The average molecular weight is 230 g/mol. The normalized spacial score (nSPS) is 14.7. The van der Waals surface area contributed by atoms with Crippen LogP contribution in [0, 0.1) is 0 Å². The van der Waals surface area contributed by atoms with E-state index in [0.717, 1.165) is 5.56 Å². The average Bonchev–Trinajstić information content (AvgIpc) is 2.21. The second-order valence-electron chi connectivity index (χ2n) is 3.65. The molecule has 0 heterocycles. The lowest BCUT2D eigenvalue weighted by Crippen LogP contribution is -2.37. The third-order valence-electron chi connectivity index (χ3n) is 2.19. The molecule has 0 aliphatic heterocycles. The summed E-state index contributed by atoms with van der Waals surface area (Å²) in [4.78, 5) is 0. The molecule has 1 rings (SSSR count). The lowest BCUT2D eigenvalue weighted by atomic mass is 9.93. The number of halogens is 1. The highest BCUT2D eigenvalue weighted by Crippen LogP contribution is 2.30. The zero-order valence-corrected chi connectivity index (χ0v) is 9.71. The van der Waals surface area contributed by atoms with Crippen molar-refractivity contribution in [1.82, 2.24) is 0 Å². The molecule has 0 saturated heterocycles. The molecule has 15 heavy (non-hydrogen) atoms. The Labute approximate surface area is 94.8 Å². The number of hydrogen-bond donors (Lipinski definition) is 2. The zero-order valence-electron chi connectivity index (χ0n) is 8.96. The smallest absolute Gasteiger partial charge is 0.124 e. The molecule has 3 nitrogen and oxygen atoms in total. The molecule has 1 aromatic carbocycles. The number of hydrogen-bond acceptors (Lipinski definition) is 3. The molecule has 0 radical (unpaired) electrons. The van der Waals surface area contributed by atoms with Crippen LogP contribution in [-0.2, 0) is 5.54 Å². The fraction of sp³-hybridized carbons (Fsp3) is 0.455. The SMILES string of the molecule is CCOc1ccc(Cl)cc1C(C)(N)CO. The van der Waals surface area contributed by atoms with Gasteiger partial charge in [-0.2, -0.15) is 0 Å². The largest absolute Gasteiger partial charge is 0.494 e. The highest BCUT2D eigenvalue weighted by atomic mass is 35.5. The third kappa shape index (κ3) is 2.84. The predicted molar refractivity (Wildman–Crippen MR) is 61.2 cm³/mol. The highest BCUT2D eigenvalue weighted by molar-refractivity contribution is 6.30. The molecule has 0 bridgehead atoms. The number of benzene rings is 1. The topological polar surface area (TPSA) is 55.5 Å². The van der Waals surface area contributed by atoms with Gasteiger partial charge in [-0.05, 0) is 32.0 Å². The number of aliphatic hydroxyl groups is 1. The Balaban J connectivity index is 3.17. The van der Waals surface area contributed by atoms with E-state index in [-0.39, 0.29) is 6.61 Å². The van der Waals surface area contributed by atoms with Crippen LogP contribution in [0.3, 0.4) is 0 Å². The Morgan fingerprint density at radius 3 is 2.73 bits per heavy atom. The van der Waals surface area contributed by atoms with Gasteiger partial charge < -0.3 is 15.6 Å². The maximum atomic E-state index is 9.21. The first-order chi connectivity index (χ1) is 7.01. The summed E-state index contributed by atoms with van der Waals surface area (Å²) in [6, 6.07) is 5.23. The van der Waals surface area contributed by atoms with Crippen LogP contribution >= 0.6 is 11.6 Å². The molecule has 0 spiro atoms. The van der Waals surface area contributed by atoms with Gasteiger partial charge in [-0.15, -0.1) is 0 Å². The van der Waals surface area contributed by atoms with Gasteiger partial charge in [-0.25, -0.2) is 0 Å². The van der Waals surface area contributed by atoms with Crippen LogP contribution < -0.4 is 10.5 Å². The van der Waals surface area contributed by atoms with Gasteiger partial charge in [0.05, 0.1) is 18.8 Å². The minimum atomic E-state index is -0.838. The molecule has 0 aliphatic rings. The first kappa shape index (κ1) is 12.3. The second-order valence-corrected chi connectivity index (χ2v) is 4.09. The molecule has 1 atom stereocenters. The Morgan fingerprint density at radius 1 is 1.53 bits per heavy atom. The molecule has 0 aliphatic carbocycles. The lowest BCUT2D eigenvalue weighted by Gasteiger charge is -2.25. The molecule has 84 valence electrons. The van der Waals surface area contributed by atoms with E-state index in [1.807, 2.05) is 6.92 Å². The Hall–Kier alpha value is -0.770. The summed E-state index contributed by atoms with van der Waals surface area (Å²) in [7, 11) is 0. The van der Waals surface area contributed by atoms with Crippen LogP contribution in [0.2, 0.25) is 5.02 Å². The van der Waals surface area contributed by atoms with Crippen molar-refractivity contribution in [2.75, 3.05) is 13.2 Å². The van der Waals surface area contributed by atoms with E-state index in [1.165, 1.54) is 0 Å². The van der Waals surface area contributed by atoms with Gasteiger partial charge in [0, 0.05) is 10.6 Å². The molecule has 0 amide bonds. The van der Waals surface area contributed by atoms with Crippen molar-refractivity contribution in [3.05, 3.63) is 28.8 Å². The van der Waals surface area contributed by atoms with E-state index >= 15 is 0 Å². The molecular formula is C11H16ClNO2. The Kier molecular flexibility index (Phi) is 3.97. The van der Waals surface area contributed by atoms with Crippen molar-refractivity contribution < 1.29 is 9.84 Å². The first-order valence-corrected chi connectivity index (χ1v) is 5.21. The van der Waals surface area contributed by atoms with Gasteiger partial charge >= 0.3 is 0 Å². The van der Waals surface area contributed by atoms with Crippen molar-refractivity contribution in [3.63, 3.8) is 0 Å². The standard InChI is InChI=1S/C11H16ClNO2/c1-3-15-10-5-4-8(12)6-9(10)11(2,13)7-14/h4-6,14H,3,7,13H2,1-2H3. The molecular weight excluding hydrogens is 214 g/mol. The molecule has 0 saturated carbocycles. The summed E-state index contributed by atoms with van der Waals surface area (Å²) in [6.07, 6.45) is 0. The lowest BCUT2D eigenvalue weighted by molar-refractivity contribution is 0.204. The van der Waals surface area contributed by atoms with Crippen LogP contribution in [0.15, 0.2) is 18.2 Å². The van der Waals surface area contributed by atoms with Crippen LogP contribution in [0.1, 0.15) is 19.4 Å². The first-order valence-electron chi connectivity index (χ1n) is 4.84. The molecule has 0 aromatic heterocycles. The predicted octanol–water partition coefficient (Wildman–Crippen LogP) is 1.90. The van der Waals surface area contributed by atoms with Crippen molar-refractivity contribution in [2.45, 2.75) is 19.4 Å². The summed E-state index contributed by atoms with van der Waals surface area (Å²) in [6.45, 7) is 4.02. The fourth-order valence-corrected chi connectivity index (χ4v) is 1.49. The minimum absolute atomic E-state index is 0.159. The maximum Gasteiger partial charge on any atom is 0.124 e. The summed E-state index contributed by atoms with van der Waals surface area (Å²) < 4.78 is 5.43. The molecule has 1 unspecified atom stereocenters. The second kappa shape index (κ2) is 4.84. The molecule has 0 fully saturated rings. The van der Waals surface area contributed by atoms with Crippen molar-refractivity contribution in [1.29, 1.82) is 0 Å². The van der Waals surface area contributed by atoms with E-state index in [1.54, 1.807) is 25.1 Å². The monoisotopic (exact) mass is 229 g/mol. The number of nitrogens with two attached hydrogens (primary N) is 1. The van der Waals surface area contributed by atoms with Gasteiger partial charge in [-0.3, -0.25) is 0 Å². The van der Waals surface area contributed by atoms with E-state index in [2.05, 4.69) is 0 Å². The fourth-order valence-electron chi connectivity index (χ4n) is 1.32. The minimum Gasteiger partial charge on any atom is -0.494 e. The van der Waals surface area contributed by atoms with Crippen LogP contribution in [-0.4, -0.2) is 18.3 Å². The van der Waals surface area contributed by atoms with Gasteiger partial charge in [0.25, 0.3) is 0 Å². The summed E-state index contributed by atoms with van der Waals surface area (Å²) in [5, 5.41) is 9.79.